The Bertz CT molecular complexity index is 820. The first-order valence-electron chi connectivity index (χ1n) is 5.98. The Balaban J connectivity index is 2.07. The van der Waals surface area contributed by atoms with Crippen molar-refractivity contribution in [3.05, 3.63) is 61.2 Å². The molecule has 0 unspecified atom stereocenters. The molecule has 2 aromatic rings. The summed E-state index contributed by atoms with van der Waals surface area (Å²) in [6, 6.07) is 5.99. The topological polar surface area (TPSA) is 46.5 Å². The molecule has 0 spiro atoms. The summed E-state index contributed by atoms with van der Waals surface area (Å²) in [4.78, 5) is 12.4. The molecule has 0 fully saturated rings. The van der Waals surface area contributed by atoms with E-state index in [-0.39, 0.29) is 48.7 Å². The predicted octanol–water partition coefficient (Wildman–Crippen LogP) is 5.62. The lowest BCUT2D eigenvalue weighted by Crippen LogP contribution is -1.98. The van der Waals surface area contributed by atoms with Crippen molar-refractivity contribution in [3.8, 4) is 11.5 Å². The van der Waals surface area contributed by atoms with Crippen LogP contribution < -0.4 is 4.74 Å². The van der Waals surface area contributed by atoms with E-state index in [1.54, 1.807) is 6.07 Å². The number of hydrogen-bond acceptors (Lipinski definition) is 3. The van der Waals surface area contributed by atoms with Gasteiger partial charge in [0.25, 0.3) is 0 Å². The molecule has 0 saturated carbocycles. The summed E-state index contributed by atoms with van der Waals surface area (Å²) in [5, 5.41) is 10.2. The van der Waals surface area contributed by atoms with E-state index >= 15 is 0 Å². The fourth-order valence-corrected chi connectivity index (χ4v) is 2.97. The molecule has 0 bridgehead atoms. The maximum absolute atomic E-state index is 12.4. The number of ether oxygens (including phenoxy) is 1. The molecule has 0 amide bonds. The van der Waals surface area contributed by atoms with Gasteiger partial charge in [0.1, 0.15) is 0 Å². The van der Waals surface area contributed by atoms with Gasteiger partial charge in [-0.05, 0) is 35.9 Å². The second-order valence-electron chi connectivity index (χ2n) is 4.51. The highest BCUT2D eigenvalue weighted by Gasteiger charge is 2.32. The third-order valence-corrected chi connectivity index (χ3v) is 4.25. The summed E-state index contributed by atoms with van der Waals surface area (Å²) in [5.74, 6) is -0.342. The highest BCUT2D eigenvalue weighted by atomic mass is 35.5. The molecule has 1 N–H and O–H groups in total. The molecule has 0 radical (unpaired) electrons. The fraction of sp³-hybridized carbons (Fsp3) is 0. The van der Waals surface area contributed by atoms with Crippen molar-refractivity contribution >= 4 is 58.3 Å². The summed E-state index contributed by atoms with van der Waals surface area (Å²) in [6.45, 7) is 0. The van der Waals surface area contributed by atoms with E-state index in [1.165, 1.54) is 24.3 Å². The summed E-state index contributed by atoms with van der Waals surface area (Å²) in [6.07, 6.45) is 1.45. The van der Waals surface area contributed by atoms with Gasteiger partial charge in [0.05, 0.1) is 25.7 Å². The van der Waals surface area contributed by atoms with Gasteiger partial charge in [-0.25, -0.2) is 0 Å². The summed E-state index contributed by atoms with van der Waals surface area (Å²) in [5.41, 5.74) is 0.715. The van der Waals surface area contributed by atoms with Gasteiger partial charge in [0, 0.05) is 0 Å². The van der Waals surface area contributed by atoms with E-state index < -0.39 is 0 Å². The number of Topliss-reactive ketones (excluding diaryl/α,β-unsaturated/α-hetero) is 1. The van der Waals surface area contributed by atoms with Gasteiger partial charge >= 0.3 is 0 Å². The zero-order valence-corrected chi connectivity index (χ0v) is 13.7. The van der Waals surface area contributed by atoms with Crippen molar-refractivity contribution in [3.63, 3.8) is 0 Å². The van der Waals surface area contributed by atoms with Crippen molar-refractivity contribution < 1.29 is 14.6 Å². The second-order valence-corrected chi connectivity index (χ2v) is 6.14. The monoisotopic (exact) mass is 374 g/mol. The zero-order valence-electron chi connectivity index (χ0n) is 10.7. The number of hydrogen-bond donors (Lipinski definition) is 1. The van der Waals surface area contributed by atoms with Crippen LogP contribution in [0.25, 0.3) is 6.08 Å². The van der Waals surface area contributed by atoms with Crippen molar-refractivity contribution in [2.75, 3.05) is 0 Å². The number of ketones is 1. The normalized spacial score (nSPS) is 15.1. The molecule has 0 saturated heterocycles. The van der Waals surface area contributed by atoms with Crippen LogP contribution in [0.2, 0.25) is 20.1 Å². The molecule has 3 nitrogen and oxygen atoms in total. The predicted molar refractivity (Wildman–Crippen MR) is 87.5 cm³/mol. The summed E-state index contributed by atoms with van der Waals surface area (Å²) >= 11 is 23.7. The maximum Gasteiger partial charge on any atom is 0.233 e. The average Bonchev–Trinajstić information content (AvgIpc) is 2.79. The summed E-state index contributed by atoms with van der Waals surface area (Å²) in [7, 11) is 0. The Morgan fingerprint density at radius 1 is 0.955 bits per heavy atom. The minimum Gasteiger partial charge on any atom is -0.505 e. The molecule has 7 heteroatoms. The van der Waals surface area contributed by atoms with Gasteiger partial charge in [-0.3, -0.25) is 4.79 Å². The number of benzene rings is 2. The van der Waals surface area contributed by atoms with Crippen LogP contribution in [0.4, 0.5) is 0 Å². The van der Waals surface area contributed by atoms with Gasteiger partial charge in [0.2, 0.25) is 5.78 Å². The average molecular weight is 376 g/mol. The van der Waals surface area contributed by atoms with E-state index in [9.17, 15) is 9.90 Å². The Hall–Kier alpha value is -1.39. The first-order valence-corrected chi connectivity index (χ1v) is 7.50. The van der Waals surface area contributed by atoms with Crippen LogP contribution in [0.5, 0.6) is 11.5 Å². The van der Waals surface area contributed by atoms with Crippen molar-refractivity contribution in [2.24, 2.45) is 0 Å². The molecule has 1 aliphatic rings. The van der Waals surface area contributed by atoms with Crippen molar-refractivity contribution in [2.45, 2.75) is 0 Å². The van der Waals surface area contributed by atoms with E-state index in [2.05, 4.69) is 0 Å². The van der Waals surface area contributed by atoms with Crippen LogP contribution in [0.15, 0.2) is 30.0 Å². The number of phenols is 1. The SMILES string of the molecule is O=C1/C(=C/c2cc(Cl)c(O)c(Cl)c2)Oc2c(Cl)ccc(Cl)c21. The number of carbonyl (C=O) groups excluding carboxylic acids is 1. The second kappa shape index (κ2) is 5.67. The van der Waals surface area contributed by atoms with Gasteiger partial charge in [-0.1, -0.05) is 46.4 Å². The zero-order chi connectivity index (χ0) is 16.0. The van der Waals surface area contributed by atoms with Crippen LogP contribution in [-0.2, 0) is 0 Å². The Morgan fingerprint density at radius 2 is 1.55 bits per heavy atom. The lowest BCUT2D eigenvalue weighted by Gasteiger charge is -2.03. The Kier molecular flexibility index (Phi) is 4.00. The molecule has 1 aliphatic heterocycles. The highest BCUT2D eigenvalue weighted by Crippen LogP contribution is 2.42. The van der Waals surface area contributed by atoms with E-state index in [0.717, 1.165) is 0 Å². The minimum absolute atomic E-state index is 0.0443. The van der Waals surface area contributed by atoms with Gasteiger partial charge in [-0.2, -0.15) is 0 Å². The quantitative estimate of drug-likeness (QED) is 0.657. The third-order valence-electron chi connectivity index (χ3n) is 3.06. The minimum atomic E-state index is -0.386. The first kappa shape index (κ1) is 15.5. The number of halogens is 4. The third kappa shape index (κ3) is 2.55. The molecule has 2 aromatic carbocycles. The number of carbonyl (C=O) groups is 1. The van der Waals surface area contributed by atoms with E-state index in [0.29, 0.717) is 5.56 Å². The lowest BCUT2D eigenvalue weighted by molar-refractivity contribution is 0.101. The van der Waals surface area contributed by atoms with E-state index in [1.807, 2.05) is 0 Å². The molecule has 0 aromatic heterocycles. The fourth-order valence-electron chi connectivity index (χ4n) is 2.04. The Morgan fingerprint density at radius 3 is 2.14 bits per heavy atom. The highest BCUT2D eigenvalue weighted by molar-refractivity contribution is 6.39. The molecule has 22 heavy (non-hydrogen) atoms. The van der Waals surface area contributed by atoms with Crippen LogP contribution >= 0.6 is 46.4 Å². The van der Waals surface area contributed by atoms with Crippen LogP contribution in [0, 0.1) is 0 Å². The maximum atomic E-state index is 12.4. The lowest BCUT2D eigenvalue weighted by atomic mass is 10.1. The number of allylic oxidation sites excluding steroid dienone is 1. The number of phenolic OH excluding ortho intramolecular Hbond substituents is 1. The largest absolute Gasteiger partial charge is 0.505 e. The standard InChI is InChI=1S/C15H6Cl4O3/c16-7-1-2-8(17)15-12(7)14(21)11(22-15)5-6-3-9(18)13(20)10(19)4-6/h1-5,20H/b11-5-. The molecule has 0 aliphatic carbocycles. The van der Waals surface area contributed by atoms with Crippen LogP contribution in [-0.4, -0.2) is 10.9 Å². The van der Waals surface area contributed by atoms with Gasteiger partial charge in [-0.15, -0.1) is 0 Å². The van der Waals surface area contributed by atoms with E-state index in [4.69, 9.17) is 51.1 Å². The van der Waals surface area contributed by atoms with Crippen LogP contribution in [0.1, 0.15) is 15.9 Å². The van der Waals surface area contributed by atoms with Gasteiger partial charge < -0.3 is 9.84 Å². The number of fused-ring (bicyclic) bond motifs is 1. The first-order chi connectivity index (χ1) is 10.4. The molecule has 1 heterocycles. The molecule has 0 atom stereocenters. The van der Waals surface area contributed by atoms with Crippen molar-refractivity contribution in [1.82, 2.24) is 0 Å². The molecule has 3 rings (SSSR count). The Labute approximate surface area is 145 Å². The smallest absolute Gasteiger partial charge is 0.233 e. The molecular weight excluding hydrogens is 370 g/mol. The number of aromatic hydroxyl groups is 1. The molecule has 112 valence electrons. The number of rotatable bonds is 1. The molecular formula is C15H6Cl4O3. The van der Waals surface area contributed by atoms with Crippen LogP contribution in [0.3, 0.4) is 0 Å². The van der Waals surface area contributed by atoms with Crippen molar-refractivity contribution in [1.29, 1.82) is 0 Å². The van der Waals surface area contributed by atoms with Gasteiger partial charge in [0.15, 0.2) is 17.3 Å². The summed E-state index contributed by atoms with van der Waals surface area (Å²) < 4.78 is 5.49.